The molecule has 1 aromatic carbocycles. The molecule has 2 rings (SSSR count). The zero-order chi connectivity index (χ0) is 16.3. The molecule has 22 heavy (non-hydrogen) atoms. The average Bonchev–Trinajstić information content (AvgIpc) is 2.95. The third-order valence-corrected chi connectivity index (χ3v) is 5.74. The molecule has 0 aromatic heterocycles. The Kier molecular flexibility index (Phi) is 5.46. The molecule has 1 amide bonds. The van der Waals surface area contributed by atoms with Crippen molar-refractivity contribution in [1.82, 2.24) is 4.90 Å². The minimum Gasteiger partial charge on any atom is -0.496 e. The van der Waals surface area contributed by atoms with E-state index in [-0.39, 0.29) is 12.5 Å². The van der Waals surface area contributed by atoms with E-state index in [4.69, 9.17) is 9.88 Å². The minimum absolute atomic E-state index is 0.0434. The van der Waals surface area contributed by atoms with Gasteiger partial charge in [0.05, 0.1) is 16.8 Å². The van der Waals surface area contributed by atoms with Crippen LogP contribution in [0.2, 0.25) is 0 Å². The van der Waals surface area contributed by atoms with Gasteiger partial charge in [-0.3, -0.25) is 4.79 Å². The van der Waals surface area contributed by atoms with Crippen molar-refractivity contribution < 1.29 is 17.9 Å². The van der Waals surface area contributed by atoms with Crippen LogP contribution in [0.25, 0.3) is 0 Å². The predicted molar refractivity (Wildman–Crippen MR) is 87.1 cm³/mol. The Hall–Kier alpha value is -1.12. The number of halogens is 1. The fraction of sp³-hybridized carbons (Fsp3) is 0.500. The molecule has 0 spiro atoms. The monoisotopic (exact) mass is 390 g/mol. The highest BCUT2D eigenvalue weighted by Crippen LogP contribution is 2.26. The number of likely N-dealkylation sites (tertiary alicyclic amines) is 1. The summed E-state index contributed by atoms with van der Waals surface area (Å²) in [7, 11) is -1.97. The van der Waals surface area contributed by atoms with E-state index in [2.05, 4.69) is 15.9 Å². The van der Waals surface area contributed by atoms with Gasteiger partial charge in [0.2, 0.25) is 15.9 Å². The third kappa shape index (κ3) is 4.21. The van der Waals surface area contributed by atoms with Crippen molar-refractivity contribution in [3.8, 4) is 5.75 Å². The molecule has 1 fully saturated rings. The zero-order valence-corrected chi connectivity index (χ0v) is 14.7. The number of nitrogens with zero attached hydrogens (tertiary/aromatic N) is 1. The van der Waals surface area contributed by atoms with E-state index in [1.54, 1.807) is 12.0 Å². The molecule has 1 aromatic rings. The topological polar surface area (TPSA) is 89.7 Å². The summed E-state index contributed by atoms with van der Waals surface area (Å²) in [4.78, 5) is 13.7. The first-order valence-electron chi connectivity index (χ1n) is 6.93. The van der Waals surface area contributed by atoms with E-state index < -0.39 is 15.3 Å². The van der Waals surface area contributed by atoms with Gasteiger partial charge in [-0.2, -0.15) is 0 Å². The van der Waals surface area contributed by atoms with E-state index in [0.717, 1.165) is 15.8 Å². The van der Waals surface area contributed by atoms with Crippen molar-refractivity contribution >= 4 is 31.9 Å². The van der Waals surface area contributed by atoms with Crippen LogP contribution in [0, 0.1) is 0 Å². The minimum atomic E-state index is -3.56. The number of nitrogens with two attached hydrogens (primary N) is 1. The van der Waals surface area contributed by atoms with Gasteiger partial charge in [-0.1, -0.05) is 6.07 Å². The normalized spacial score (nSPS) is 18.5. The SMILES string of the molecule is COc1ccc(CCC(=O)N2CC[C@@H](S(N)(=O)=O)C2)cc1Br. The highest BCUT2D eigenvalue weighted by molar-refractivity contribution is 9.10. The molecule has 1 saturated heterocycles. The van der Waals surface area contributed by atoms with Gasteiger partial charge in [0.1, 0.15) is 5.75 Å². The molecule has 1 aliphatic heterocycles. The summed E-state index contributed by atoms with van der Waals surface area (Å²) >= 11 is 3.41. The van der Waals surface area contributed by atoms with Crippen LogP contribution in [0.15, 0.2) is 22.7 Å². The lowest BCUT2D eigenvalue weighted by molar-refractivity contribution is -0.130. The number of hydrogen-bond donors (Lipinski definition) is 1. The standard InChI is InChI=1S/C14H19BrN2O4S/c1-21-13-4-2-10(8-12(13)15)3-5-14(18)17-7-6-11(9-17)22(16,19)20/h2,4,8,11H,3,5-7,9H2,1H3,(H2,16,19,20)/t11-/m1/s1. The lowest BCUT2D eigenvalue weighted by Gasteiger charge is -2.16. The van der Waals surface area contributed by atoms with E-state index in [1.165, 1.54) is 0 Å². The predicted octanol–water partition coefficient (Wildman–Crippen LogP) is 1.28. The Balaban J connectivity index is 1.90. The van der Waals surface area contributed by atoms with E-state index in [9.17, 15) is 13.2 Å². The van der Waals surface area contributed by atoms with Crippen LogP contribution in [0.1, 0.15) is 18.4 Å². The van der Waals surface area contributed by atoms with Gasteiger partial charge >= 0.3 is 0 Å². The Labute approximate surface area is 138 Å². The van der Waals surface area contributed by atoms with Gasteiger partial charge in [0.15, 0.2) is 0 Å². The highest BCUT2D eigenvalue weighted by Gasteiger charge is 2.32. The Bertz CT molecular complexity index is 663. The Morgan fingerprint density at radius 2 is 2.23 bits per heavy atom. The molecule has 0 radical (unpaired) electrons. The third-order valence-electron chi connectivity index (χ3n) is 3.81. The average molecular weight is 391 g/mol. The van der Waals surface area contributed by atoms with Gasteiger partial charge in [0, 0.05) is 19.5 Å². The van der Waals surface area contributed by atoms with Gasteiger partial charge < -0.3 is 9.64 Å². The molecule has 122 valence electrons. The molecule has 0 aliphatic carbocycles. The van der Waals surface area contributed by atoms with Gasteiger partial charge in [-0.15, -0.1) is 0 Å². The number of carbonyl (C=O) groups excluding carboxylic acids is 1. The maximum absolute atomic E-state index is 12.2. The number of carbonyl (C=O) groups is 1. The van der Waals surface area contributed by atoms with Crippen LogP contribution in [0.3, 0.4) is 0 Å². The smallest absolute Gasteiger partial charge is 0.222 e. The molecule has 0 saturated carbocycles. The molecule has 1 heterocycles. The second-order valence-corrected chi connectivity index (χ2v) is 8.01. The molecule has 0 unspecified atom stereocenters. The van der Waals surface area contributed by atoms with Crippen molar-refractivity contribution in [1.29, 1.82) is 0 Å². The van der Waals surface area contributed by atoms with Crippen molar-refractivity contribution in [2.75, 3.05) is 20.2 Å². The summed E-state index contributed by atoms with van der Waals surface area (Å²) in [5.41, 5.74) is 1.02. The number of primary sulfonamides is 1. The van der Waals surface area contributed by atoms with Gasteiger partial charge in [0.25, 0.3) is 0 Å². The van der Waals surface area contributed by atoms with Crippen LogP contribution >= 0.6 is 15.9 Å². The molecule has 8 heteroatoms. The second kappa shape index (κ2) is 6.97. The molecule has 1 aliphatic rings. The first-order valence-corrected chi connectivity index (χ1v) is 9.33. The van der Waals surface area contributed by atoms with Crippen molar-refractivity contribution in [2.45, 2.75) is 24.5 Å². The van der Waals surface area contributed by atoms with Crippen molar-refractivity contribution in [3.63, 3.8) is 0 Å². The molecule has 2 N–H and O–H groups in total. The number of amides is 1. The summed E-state index contributed by atoms with van der Waals surface area (Å²) in [6, 6.07) is 5.67. The fourth-order valence-corrected chi connectivity index (χ4v) is 3.91. The molecule has 1 atom stereocenters. The van der Waals surface area contributed by atoms with Crippen LogP contribution < -0.4 is 9.88 Å². The van der Waals surface area contributed by atoms with Crippen LogP contribution in [-0.4, -0.2) is 44.7 Å². The summed E-state index contributed by atoms with van der Waals surface area (Å²) in [6.45, 7) is 0.649. The van der Waals surface area contributed by atoms with Crippen LogP contribution in [0.4, 0.5) is 0 Å². The number of rotatable bonds is 5. The summed E-state index contributed by atoms with van der Waals surface area (Å²) in [5, 5.41) is 4.50. The molecule has 0 bridgehead atoms. The lowest BCUT2D eigenvalue weighted by atomic mass is 10.1. The van der Waals surface area contributed by atoms with Crippen LogP contribution in [0.5, 0.6) is 5.75 Å². The fourth-order valence-electron chi connectivity index (χ4n) is 2.50. The molecular formula is C14H19BrN2O4S. The number of hydrogen-bond acceptors (Lipinski definition) is 4. The number of ether oxygens (including phenoxy) is 1. The zero-order valence-electron chi connectivity index (χ0n) is 12.3. The Morgan fingerprint density at radius 1 is 1.50 bits per heavy atom. The van der Waals surface area contributed by atoms with Crippen LogP contribution in [-0.2, 0) is 21.2 Å². The van der Waals surface area contributed by atoms with E-state index in [0.29, 0.717) is 25.8 Å². The number of methoxy groups -OCH3 is 1. The lowest BCUT2D eigenvalue weighted by Crippen LogP contribution is -2.34. The van der Waals surface area contributed by atoms with Crippen molar-refractivity contribution in [2.24, 2.45) is 5.14 Å². The number of aryl methyl sites for hydroxylation is 1. The largest absolute Gasteiger partial charge is 0.496 e. The quantitative estimate of drug-likeness (QED) is 0.819. The first-order chi connectivity index (χ1) is 10.3. The number of sulfonamides is 1. The summed E-state index contributed by atoms with van der Waals surface area (Å²) < 4.78 is 28.6. The highest BCUT2D eigenvalue weighted by atomic mass is 79.9. The number of benzene rings is 1. The maximum atomic E-state index is 12.2. The summed E-state index contributed by atoms with van der Waals surface area (Å²) in [5.74, 6) is 0.698. The second-order valence-electron chi connectivity index (χ2n) is 5.31. The molecule has 6 nitrogen and oxygen atoms in total. The van der Waals surface area contributed by atoms with Gasteiger partial charge in [-0.05, 0) is 46.5 Å². The van der Waals surface area contributed by atoms with E-state index >= 15 is 0 Å². The molecular weight excluding hydrogens is 372 g/mol. The summed E-state index contributed by atoms with van der Waals surface area (Å²) in [6.07, 6.45) is 1.35. The first kappa shape index (κ1) is 17.2. The maximum Gasteiger partial charge on any atom is 0.222 e. The van der Waals surface area contributed by atoms with E-state index in [1.807, 2.05) is 18.2 Å². The van der Waals surface area contributed by atoms with Gasteiger partial charge in [-0.25, -0.2) is 13.6 Å². The Morgan fingerprint density at radius 3 is 2.77 bits per heavy atom. The van der Waals surface area contributed by atoms with Crippen molar-refractivity contribution in [3.05, 3.63) is 28.2 Å².